The molecular formula is C31H41F5O. The van der Waals surface area contributed by atoms with Gasteiger partial charge >= 0.3 is 6.18 Å². The average molecular weight is 525 g/mol. The van der Waals surface area contributed by atoms with E-state index in [1.54, 1.807) is 5.92 Å². The number of hydrogen-bond donors (Lipinski definition) is 0. The van der Waals surface area contributed by atoms with Crippen LogP contribution in [0.2, 0.25) is 0 Å². The van der Waals surface area contributed by atoms with Gasteiger partial charge in [-0.3, -0.25) is 0 Å². The molecule has 3 aliphatic rings. The first-order valence-electron chi connectivity index (χ1n) is 14.4. The first-order valence-corrected chi connectivity index (χ1v) is 14.4. The largest absolute Gasteiger partial charge is 0.458 e. The van der Waals surface area contributed by atoms with Gasteiger partial charge in [0.1, 0.15) is 11.6 Å². The lowest BCUT2D eigenvalue weighted by molar-refractivity contribution is -0.0724. The summed E-state index contributed by atoms with van der Waals surface area (Å²) in [5, 5.41) is 0. The number of rotatable bonds is 7. The van der Waals surface area contributed by atoms with E-state index >= 15 is 0 Å². The summed E-state index contributed by atoms with van der Waals surface area (Å²) in [6.45, 7) is 3.14. The molecule has 6 heteroatoms. The minimum Gasteiger partial charge on any atom is -0.378 e. The quantitative estimate of drug-likeness (QED) is 0.196. The van der Waals surface area contributed by atoms with Gasteiger partial charge in [0, 0.05) is 5.92 Å². The van der Waals surface area contributed by atoms with E-state index in [2.05, 4.69) is 6.92 Å². The van der Waals surface area contributed by atoms with Crippen LogP contribution in [0.25, 0.3) is 0 Å². The molecule has 2 atom stereocenters. The highest BCUT2D eigenvalue weighted by Gasteiger charge is 2.35. The Bertz CT molecular complexity index is 898. The monoisotopic (exact) mass is 524 g/mol. The molecule has 1 aromatic carbocycles. The molecule has 206 valence electrons. The molecule has 1 aromatic rings. The van der Waals surface area contributed by atoms with Crippen molar-refractivity contribution in [2.24, 2.45) is 23.7 Å². The zero-order valence-electron chi connectivity index (χ0n) is 22.0. The Morgan fingerprint density at radius 2 is 1.43 bits per heavy atom. The van der Waals surface area contributed by atoms with Crippen molar-refractivity contribution in [2.45, 2.75) is 115 Å². The van der Waals surface area contributed by atoms with E-state index in [0.717, 1.165) is 68.6 Å². The van der Waals surface area contributed by atoms with E-state index in [4.69, 9.17) is 4.74 Å². The number of hydrogen-bond acceptors (Lipinski definition) is 1. The van der Waals surface area contributed by atoms with Crippen LogP contribution in [0.4, 0.5) is 22.0 Å². The molecule has 3 fully saturated rings. The van der Waals surface area contributed by atoms with Crippen LogP contribution >= 0.6 is 0 Å². The molecule has 2 unspecified atom stereocenters. The van der Waals surface area contributed by atoms with E-state index in [1.807, 2.05) is 0 Å². The van der Waals surface area contributed by atoms with Gasteiger partial charge in [0.15, 0.2) is 0 Å². The van der Waals surface area contributed by atoms with Crippen LogP contribution < -0.4 is 0 Å². The number of ether oxygens (including phenoxy) is 1. The van der Waals surface area contributed by atoms with Gasteiger partial charge in [0.2, 0.25) is 0 Å². The summed E-state index contributed by atoms with van der Waals surface area (Å²) in [7, 11) is 0. The molecule has 0 amide bonds. The Hall–Kier alpha value is -1.61. The van der Waals surface area contributed by atoms with Gasteiger partial charge in [0.05, 0.1) is 18.3 Å². The van der Waals surface area contributed by atoms with E-state index < -0.39 is 23.4 Å². The fourth-order valence-electron chi connectivity index (χ4n) is 7.07. The Balaban J connectivity index is 1.22. The van der Waals surface area contributed by atoms with Crippen molar-refractivity contribution in [3.05, 3.63) is 34.9 Å². The van der Waals surface area contributed by atoms with Gasteiger partial charge in [-0.05, 0) is 98.7 Å². The highest BCUT2D eigenvalue weighted by Crippen LogP contribution is 2.43. The van der Waals surface area contributed by atoms with Crippen molar-refractivity contribution in [1.29, 1.82) is 0 Å². The standard InChI is InChI=1S/C31H41F5O/c1-2-3-4-5-21-6-8-22(9-7-21)25-14-15-30(37-20-25)24-12-10-23(11-13-24)26-18-28(32)27(29(33)19-26)16-17-31(34,35)36/h18-19,21-25,30H,2-15,20H2,1H3. The van der Waals surface area contributed by atoms with Gasteiger partial charge in [-0.1, -0.05) is 51.4 Å². The van der Waals surface area contributed by atoms with E-state index in [-0.39, 0.29) is 12.0 Å². The predicted molar refractivity (Wildman–Crippen MR) is 136 cm³/mol. The summed E-state index contributed by atoms with van der Waals surface area (Å²) in [5.41, 5.74) is -0.300. The van der Waals surface area contributed by atoms with E-state index in [0.29, 0.717) is 17.4 Å². The Morgan fingerprint density at radius 3 is 2.00 bits per heavy atom. The summed E-state index contributed by atoms with van der Waals surface area (Å²) in [5.74, 6) is 3.42. The molecule has 1 aliphatic heterocycles. The van der Waals surface area contributed by atoms with Crippen molar-refractivity contribution in [2.75, 3.05) is 6.61 Å². The van der Waals surface area contributed by atoms with Crippen LogP contribution in [0.15, 0.2) is 12.1 Å². The highest BCUT2D eigenvalue weighted by molar-refractivity contribution is 5.40. The van der Waals surface area contributed by atoms with Crippen LogP contribution in [0.3, 0.4) is 0 Å². The maximum absolute atomic E-state index is 14.4. The summed E-state index contributed by atoms with van der Waals surface area (Å²) in [4.78, 5) is 0. The number of halogens is 5. The molecular weight excluding hydrogens is 483 g/mol. The van der Waals surface area contributed by atoms with Gasteiger partial charge in [-0.15, -0.1) is 0 Å². The van der Waals surface area contributed by atoms with Crippen LogP contribution in [-0.2, 0) is 4.74 Å². The predicted octanol–water partition coefficient (Wildman–Crippen LogP) is 9.33. The minimum absolute atomic E-state index is 0.00808. The lowest BCUT2D eigenvalue weighted by atomic mass is 9.71. The topological polar surface area (TPSA) is 9.23 Å². The second-order valence-corrected chi connectivity index (χ2v) is 11.7. The third kappa shape index (κ3) is 7.94. The van der Waals surface area contributed by atoms with Crippen molar-refractivity contribution < 1.29 is 26.7 Å². The Kier molecular flexibility index (Phi) is 9.95. The number of alkyl halides is 3. The summed E-state index contributed by atoms with van der Waals surface area (Å²) < 4.78 is 72.1. The Labute approximate surface area is 218 Å². The van der Waals surface area contributed by atoms with Crippen LogP contribution in [0.1, 0.15) is 114 Å². The van der Waals surface area contributed by atoms with Crippen molar-refractivity contribution in [3.8, 4) is 11.8 Å². The van der Waals surface area contributed by atoms with Gasteiger partial charge in [0.25, 0.3) is 0 Å². The second-order valence-electron chi connectivity index (χ2n) is 11.7. The van der Waals surface area contributed by atoms with Crippen LogP contribution in [0, 0.1) is 47.1 Å². The van der Waals surface area contributed by atoms with Crippen LogP contribution in [-0.4, -0.2) is 18.9 Å². The molecule has 1 nitrogen and oxygen atoms in total. The molecule has 0 N–H and O–H groups in total. The lowest BCUT2D eigenvalue weighted by Gasteiger charge is -2.41. The number of unbranched alkanes of at least 4 members (excludes halogenated alkanes) is 2. The maximum atomic E-state index is 14.4. The molecule has 1 saturated heterocycles. The second kappa shape index (κ2) is 13.0. The summed E-state index contributed by atoms with van der Waals surface area (Å²) >= 11 is 0. The highest BCUT2D eigenvalue weighted by atomic mass is 19.4. The van der Waals surface area contributed by atoms with E-state index in [9.17, 15) is 22.0 Å². The third-order valence-corrected chi connectivity index (χ3v) is 9.28. The zero-order chi connectivity index (χ0) is 26.4. The van der Waals surface area contributed by atoms with Crippen molar-refractivity contribution in [1.82, 2.24) is 0 Å². The fourth-order valence-corrected chi connectivity index (χ4v) is 7.07. The fraction of sp³-hybridized carbons (Fsp3) is 0.742. The van der Waals surface area contributed by atoms with Gasteiger partial charge < -0.3 is 4.74 Å². The molecule has 0 aromatic heterocycles. The first-order chi connectivity index (χ1) is 17.7. The van der Waals surface area contributed by atoms with Gasteiger partial charge in [-0.2, -0.15) is 13.2 Å². The first kappa shape index (κ1) is 28.4. The SMILES string of the molecule is CCCCCC1CCC(C2CCC(C3CCC(c4cc(F)c(C#CC(F)(F)F)c(F)c4)CC3)OC2)CC1. The Morgan fingerprint density at radius 1 is 0.811 bits per heavy atom. The molecule has 2 saturated carbocycles. The van der Waals surface area contributed by atoms with Crippen molar-refractivity contribution >= 4 is 0 Å². The normalized spacial score (nSPS) is 31.0. The van der Waals surface area contributed by atoms with E-state index in [1.165, 1.54) is 57.8 Å². The molecule has 0 bridgehead atoms. The smallest absolute Gasteiger partial charge is 0.378 e. The minimum atomic E-state index is -4.79. The molecule has 0 spiro atoms. The maximum Gasteiger partial charge on any atom is 0.458 e. The summed E-state index contributed by atoms with van der Waals surface area (Å²) in [6.07, 6.45) is 12.3. The molecule has 2 aliphatic carbocycles. The molecule has 1 heterocycles. The van der Waals surface area contributed by atoms with Crippen LogP contribution in [0.5, 0.6) is 0 Å². The molecule has 0 radical (unpaired) electrons. The van der Waals surface area contributed by atoms with Gasteiger partial charge in [-0.25, -0.2) is 8.78 Å². The molecule has 37 heavy (non-hydrogen) atoms. The molecule has 4 rings (SSSR count). The average Bonchev–Trinajstić information content (AvgIpc) is 2.88. The zero-order valence-corrected chi connectivity index (χ0v) is 22.0. The number of benzene rings is 1. The van der Waals surface area contributed by atoms with Crippen molar-refractivity contribution in [3.63, 3.8) is 0 Å². The lowest BCUT2D eigenvalue weighted by Crippen LogP contribution is -2.37. The summed E-state index contributed by atoms with van der Waals surface area (Å²) in [6, 6.07) is 2.32. The third-order valence-electron chi connectivity index (χ3n) is 9.28.